The van der Waals surface area contributed by atoms with Gasteiger partial charge in [-0.25, -0.2) is 0 Å². The summed E-state index contributed by atoms with van der Waals surface area (Å²) in [5, 5.41) is 4.35. The summed E-state index contributed by atoms with van der Waals surface area (Å²) in [5.74, 6) is 0. The fourth-order valence-electron chi connectivity index (χ4n) is 2.20. The Morgan fingerprint density at radius 2 is 1.84 bits per heavy atom. The Morgan fingerprint density at radius 3 is 2.47 bits per heavy atom. The maximum atomic E-state index is 6.24. The second kappa shape index (κ2) is 6.56. The highest BCUT2D eigenvalue weighted by molar-refractivity contribution is 9.10. The Bertz CT molecular complexity index is 551. The largest absolute Gasteiger partial charge is 0.307 e. The quantitative estimate of drug-likeness (QED) is 0.817. The van der Waals surface area contributed by atoms with Crippen molar-refractivity contribution in [1.29, 1.82) is 0 Å². The summed E-state index contributed by atoms with van der Waals surface area (Å²) in [6, 6.07) is 14.7. The van der Waals surface area contributed by atoms with Crippen LogP contribution in [-0.2, 0) is 0 Å². The first kappa shape index (κ1) is 14.6. The van der Waals surface area contributed by atoms with Crippen LogP contribution in [0.15, 0.2) is 46.9 Å². The normalized spacial score (nSPS) is 12.4. The maximum absolute atomic E-state index is 6.24. The van der Waals surface area contributed by atoms with E-state index in [0.717, 1.165) is 21.6 Å². The summed E-state index contributed by atoms with van der Waals surface area (Å²) in [6.07, 6.45) is 0. The Morgan fingerprint density at radius 1 is 1.16 bits per heavy atom. The van der Waals surface area contributed by atoms with Crippen molar-refractivity contribution < 1.29 is 0 Å². The smallest absolute Gasteiger partial charge is 0.0579 e. The molecule has 1 atom stereocenters. The molecule has 0 aromatic heterocycles. The molecule has 2 rings (SSSR count). The van der Waals surface area contributed by atoms with Gasteiger partial charge in [0.15, 0.2) is 0 Å². The molecular weight excluding hydrogens is 322 g/mol. The van der Waals surface area contributed by atoms with Gasteiger partial charge in [0.1, 0.15) is 0 Å². The third-order valence-corrected chi connectivity index (χ3v) is 4.17. The van der Waals surface area contributed by atoms with Gasteiger partial charge in [-0.3, -0.25) is 0 Å². The fraction of sp³-hybridized carbons (Fsp3) is 0.250. The van der Waals surface area contributed by atoms with E-state index in [2.05, 4.69) is 65.4 Å². The van der Waals surface area contributed by atoms with Crippen LogP contribution in [0.25, 0.3) is 0 Å². The van der Waals surface area contributed by atoms with Crippen LogP contribution in [0.4, 0.5) is 0 Å². The molecule has 0 heterocycles. The number of rotatable bonds is 4. The van der Waals surface area contributed by atoms with Gasteiger partial charge in [-0.1, -0.05) is 58.7 Å². The van der Waals surface area contributed by atoms with Crippen LogP contribution in [0.3, 0.4) is 0 Å². The van der Waals surface area contributed by atoms with Crippen LogP contribution in [0, 0.1) is 6.92 Å². The molecular formula is C16H17BrClN. The summed E-state index contributed by atoms with van der Waals surface area (Å²) >= 11 is 9.71. The summed E-state index contributed by atoms with van der Waals surface area (Å²) in [4.78, 5) is 0. The molecule has 0 spiro atoms. The molecule has 100 valence electrons. The third kappa shape index (κ3) is 3.38. The topological polar surface area (TPSA) is 12.0 Å². The molecule has 0 amide bonds. The maximum Gasteiger partial charge on any atom is 0.0579 e. The number of hydrogen-bond acceptors (Lipinski definition) is 1. The van der Waals surface area contributed by atoms with E-state index in [1.807, 2.05) is 12.1 Å². The van der Waals surface area contributed by atoms with Crippen LogP contribution >= 0.6 is 27.5 Å². The van der Waals surface area contributed by atoms with Crippen LogP contribution < -0.4 is 5.32 Å². The van der Waals surface area contributed by atoms with Gasteiger partial charge in [0.2, 0.25) is 0 Å². The molecule has 1 nitrogen and oxygen atoms in total. The van der Waals surface area contributed by atoms with E-state index < -0.39 is 0 Å². The van der Waals surface area contributed by atoms with Gasteiger partial charge in [-0.2, -0.15) is 0 Å². The van der Waals surface area contributed by atoms with E-state index in [1.54, 1.807) is 0 Å². The average Bonchev–Trinajstić information content (AvgIpc) is 2.41. The van der Waals surface area contributed by atoms with E-state index in [9.17, 15) is 0 Å². The molecule has 0 aliphatic rings. The predicted molar refractivity (Wildman–Crippen MR) is 85.9 cm³/mol. The lowest BCUT2D eigenvalue weighted by Gasteiger charge is -2.21. The summed E-state index contributed by atoms with van der Waals surface area (Å²) < 4.78 is 1.09. The molecule has 19 heavy (non-hydrogen) atoms. The number of halogens is 2. The Kier molecular flexibility index (Phi) is 5.03. The molecule has 0 saturated heterocycles. The Labute approximate surface area is 128 Å². The zero-order valence-corrected chi connectivity index (χ0v) is 13.4. The standard InChI is InChI=1S/C16H17BrClN/c1-3-19-16(12-7-9-13(17)10-8-12)14-5-4-6-15(18)11(14)2/h4-10,16,19H,3H2,1-2H3. The van der Waals surface area contributed by atoms with Gasteiger partial charge in [0.05, 0.1) is 6.04 Å². The highest BCUT2D eigenvalue weighted by atomic mass is 79.9. The van der Waals surface area contributed by atoms with E-state index in [-0.39, 0.29) is 6.04 Å². The van der Waals surface area contributed by atoms with E-state index in [4.69, 9.17) is 11.6 Å². The minimum absolute atomic E-state index is 0.178. The van der Waals surface area contributed by atoms with Crippen molar-refractivity contribution in [3.05, 3.63) is 68.7 Å². The molecule has 2 aromatic rings. The van der Waals surface area contributed by atoms with Crippen molar-refractivity contribution in [3.8, 4) is 0 Å². The van der Waals surface area contributed by atoms with Crippen LogP contribution in [0.1, 0.15) is 29.7 Å². The molecule has 1 N–H and O–H groups in total. The lowest BCUT2D eigenvalue weighted by Crippen LogP contribution is -2.22. The first-order chi connectivity index (χ1) is 9.13. The van der Waals surface area contributed by atoms with Crippen molar-refractivity contribution in [2.24, 2.45) is 0 Å². The van der Waals surface area contributed by atoms with Crippen molar-refractivity contribution in [2.75, 3.05) is 6.54 Å². The van der Waals surface area contributed by atoms with E-state index in [1.165, 1.54) is 11.1 Å². The van der Waals surface area contributed by atoms with Crippen LogP contribution in [-0.4, -0.2) is 6.54 Å². The number of nitrogens with one attached hydrogen (secondary N) is 1. The highest BCUT2D eigenvalue weighted by Crippen LogP contribution is 2.29. The van der Waals surface area contributed by atoms with Gasteiger partial charge >= 0.3 is 0 Å². The molecule has 1 unspecified atom stereocenters. The van der Waals surface area contributed by atoms with Crippen LogP contribution in [0.5, 0.6) is 0 Å². The SMILES string of the molecule is CCNC(c1ccc(Br)cc1)c1cccc(Cl)c1C. The molecule has 0 saturated carbocycles. The summed E-state index contributed by atoms with van der Waals surface area (Å²) in [5.41, 5.74) is 3.62. The second-order valence-electron chi connectivity index (χ2n) is 4.50. The molecule has 0 radical (unpaired) electrons. The van der Waals surface area contributed by atoms with Crippen molar-refractivity contribution >= 4 is 27.5 Å². The minimum Gasteiger partial charge on any atom is -0.307 e. The monoisotopic (exact) mass is 337 g/mol. The molecule has 0 bridgehead atoms. The molecule has 0 fully saturated rings. The first-order valence-electron chi connectivity index (χ1n) is 6.37. The van der Waals surface area contributed by atoms with Gasteiger partial charge in [-0.15, -0.1) is 0 Å². The van der Waals surface area contributed by atoms with Crippen LogP contribution in [0.2, 0.25) is 5.02 Å². The summed E-state index contributed by atoms with van der Waals surface area (Å²) in [7, 11) is 0. The van der Waals surface area contributed by atoms with E-state index in [0.29, 0.717) is 0 Å². The molecule has 3 heteroatoms. The lowest BCUT2D eigenvalue weighted by molar-refractivity contribution is 0.628. The zero-order chi connectivity index (χ0) is 13.8. The van der Waals surface area contributed by atoms with Gasteiger partial charge in [-0.05, 0) is 48.4 Å². The van der Waals surface area contributed by atoms with Crippen molar-refractivity contribution in [1.82, 2.24) is 5.32 Å². The minimum atomic E-state index is 0.178. The first-order valence-corrected chi connectivity index (χ1v) is 7.54. The lowest BCUT2D eigenvalue weighted by atomic mass is 9.95. The molecule has 2 aromatic carbocycles. The Hall–Kier alpha value is -0.830. The third-order valence-electron chi connectivity index (χ3n) is 3.23. The molecule has 0 aliphatic heterocycles. The average molecular weight is 339 g/mol. The number of benzene rings is 2. The van der Waals surface area contributed by atoms with Gasteiger partial charge < -0.3 is 5.32 Å². The van der Waals surface area contributed by atoms with Crippen molar-refractivity contribution in [2.45, 2.75) is 19.9 Å². The predicted octanol–water partition coefficient (Wildman–Crippen LogP) is 5.11. The van der Waals surface area contributed by atoms with E-state index >= 15 is 0 Å². The van der Waals surface area contributed by atoms with Gasteiger partial charge in [0.25, 0.3) is 0 Å². The molecule has 0 aliphatic carbocycles. The second-order valence-corrected chi connectivity index (χ2v) is 5.82. The van der Waals surface area contributed by atoms with Crippen molar-refractivity contribution in [3.63, 3.8) is 0 Å². The Balaban J connectivity index is 2.45. The summed E-state index contributed by atoms with van der Waals surface area (Å²) in [6.45, 7) is 5.10. The number of hydrogen-bond donors (Lipinski definition) is 1. The highest BCUT2D eigenvalue weighted by Gasteiger charge is 2.16. The zero-order valence-electron chi connectivity index (χ0n) is 11.1. The fourth-order valence-corrected chi connectivity index (χ4v) is 2.65. The van der Waals surface area contributed by atoms with Gasteiger partial charge in [0, 0.05) is 9.50 Å².